The molecule has 0 fully saturated rings. The molecule has 1 unspecified atom stereocenters. The van der Waals surface area contributed by atoms with Gasteiger partial charge in [-0.15, -0.1) is 11.3 Å². The normalized spacial score (nSPS) is 20.9. The van der Waals surface area contributed by atoms with E-state index < -0.39 is 0 Å². The molecule has 2 atom stereocenters. The van der Waals surface area contributed by atoms with Crippen molar-refractivity contribution < 1.29 is 4.79 Å². The third kappa shape index (κ3) is 2.46. The van der Waals surface area contributed by atoms with Crippen molar-refractivity contribution in [2.24, 2.45) is 5.73 Å². The molecule has 0 radical (unpaired) electrons. The first-order valence-corrected chi connectivity index (χ1v) is 7.54. The molecule has 104 valence electrons. The lowest BCUT2D eigenvalue weighted by Crippen LogP contribution is -2.38. The van der Waals surface area contributed by atoms with Crippen molar-refractivity contribution in [1.29, 1.82) is 0 Å². The molecule has 1 aromatic heterocycles. The van der Waals surface area contributed by atoms with E-state index in [0.717, 1.165) is 22.7 Å². The summed E-state index contributed by atoms with van der Waals surface area (Å²) in [5.74, 6) is -0.505. The van der Waals surface area contributed by atoms with Crippen LogP contribution in [-0.2, 0) is 17.8 Å². The summed E-state index contributed by atoms with van der Waals surface area (Å²) in [7, 11) is 0. The van der Waals surface area contributed by atoms with E-state index in [1.54, 1.807) is 11.3 Å². The van der Waals surface area contributed by atoms with Crippen LogP contribution in [0, 0.1) is 6.92 Å². The van der Waals surface area contributed by atoms with E-state index in [1.807, 2.05) is 30.5 Å². The maximum Gasteiger partial charge on any atom is 0.226 e. The number of aromatic nitrogens is 1. The molecule has 0 bridgehead atoms. The number of nitrogens with two attached hydrogens (primary N) is 1. The molecule has 4 nitrogen and oxygen atoms in total. The number of primary amides is 1. The van der Waals surface area contributed by atoms with Gasteiger partial charge in [-0.3, -0.25) is 4.79 Å². The molecule has 1 aliphatic rings. The molecule has 1 heterocycles. The Balaban J connectivity index is 1.75. The lowest BCUT2D eigenvalue weighted by Gasteiger charge is -2.18. The minimum absolute atomic E-state index is 0.0640. The topological polar surface area (TPSA) is 68.0 Å². The Morgan fingerprint density at radius 3 is 3.00 bits per heavy atom. The molecule has 0 aliphatic heterocycles. The summed E-state index contributed by atoms with van der Waals surface area (Å²) in [6.45, 7) is 2.67. The highest BCUT2D eigenvalue weighted by molar-refractivity contribution is 7.09. The number of carbonyl (C=O) groups excluding carboxylic acids is 1. The highest BCUT2D eigenvalue weighted by Crippen LogP contribution is 2.33. The molecule has 1 amide bonds. The first kappa shape index (κ1) is 13.3. The largest absolute Gasteiger partial charge is 0.369 e. The average molecular weight is 287 g/mol. The fourth-order valence-electron chi connectivity index (χ4n) is 2.84. The zero-order chi connectivity index (χ0) is 14.1. The Labute approximate surface area is 122 Å². The van der Waals surface area contributed by atoms with Gasteiger partial charge in [-0.25, -0.2) is 4.98 Å². The van der Waals surface area contributed by atoms with Crippen molar-refractivity contribution >= 4 is 17.2 Å². The van der Waals surface area contributed by atoms with Crippen LogP contribution in [0.2, 0.25) is 0 Å². The van der Waals surface area contributed by atoms with E-state index >= 15 is 0 Å². The minimum Gasteiger partial charge on any atom is -0.369 e. The van der Waals surface area contributed by atoms with Crippen molar-refractivity contribution in [3.63, 3.8) is 0 Å². The first-order valence-electron chi connectivity index (χ1n) is 6.66. The van der Waals surface area contributed by atoms with E-state index in [4.69, 9.17) is 5.73 Å². The minimum atomic E-state index is -0.261. The molecule has 20 heavy (non-hydrogen) atoms. The van der Waals surface area contributed by atoms with Crippen LogP contribution in [0.4, 0.5) is 0 Å². The summed E-state index contributed by atoms with van der Waals surface area (Å²) in [5, 5.41) is 6.51. The summed E-state index contributed by atoms with van der Waals surface area (Å²) in [6, 6.07) is 8.10. The van der Waals surface area contributed by atoms with Crippen molar-refractivity contribution in [2.45, 2.75) is 31.8 Å². The SMILES string of the molecule is Cc1csc(CN[C@H]2Cc3ccccc3C2C(N)=O)n1. The molecule has 0 saturated heterocycles. The zero-order valence-corrected chi connectivity index (χ0v) is 12.1. The van der Waals surface area contributed by atoms with Gasteiger partial charge in [-0.2, -0.15) is 0 Å². The van der Waals surface area contributed by atoms with Crippen LogP contribution < -0.4 is 11.1 Å². The van der Waals surface area contributed by atoms with Gasteiger partial charge in [-0.1, -0.05) is 24.3 Å². The quantitative estimate of drug-likeness (QED) is 0.900. The van der Waals surface area contributed by atoms with Crippen molar-refractivity contribution in [1.82, 2.24) is 10.3 Å². The van der Waals surface area contributed by atoms with Crippen molar-refractivity contribution in [3.8, 4) is 0 Å². The van der Waals surface area contributed by atoms with Crippen LogP contribution >= 0.6 is 11.3 Å². The maximum absolute atomic E-state index is 11.8. The Hall–Kier alpha value is -1.72. The number of hydrogen-bond donors (Lipinski definition) is 2. The van der Waals surface area contributed by atoms with Gasteiger partial charge >= 0.3 is 0 Å². The predicted molar refractivity (Wildman–Crippen MR) is 79.6 cm³/mol. The summed E-state index contributed by atoms with van der Waals surface area (Å²) < 4.78 is 0. The second-order valence-corrected chi connectivity index (χ2v) is 6.10. The summed E-state index contributed by atoms with van der Waals surface area (Å²) in [5.41, 5.74) is 8.89. The van der Waals surface area contributed by atoms with Crippen LogP contribution in [0.25, 0.3) is 0 Å². The van der Waals surface area contributed by atoms with Crippen LogP contribution in [0.5, 0.6) is 0 Å². The summed E-state index contributed by atoms with van der Waals surface area (Å²) in [4.78, 5) is 16.2. The number of thiazole rings is 1. The maximum atomic E-state index is 11.8. The number of fused-ring (bicyclic) bond motifs is 1. The molecule has 3 N–H and O–H groups in total. The van der Waals surface area contributed by atoms with Gasteiger partial charge in [0.15, 0.2) is 0 Å². The molecule has 3 rings (SSSR count). The lowest BCUT2D eigenvalue weighted by molar-refractivity contribution is -0.119. The van der Waals surface area contributed by atoms with Gasteiger partial charge in [-0.05, 0) is 24.5 Å². The van der Waals surface area contributed by atoms with Gasteiger partial charge in [0.2, 0.25) is 5.91 Å². The number of hydrogen-bond acceptors (Lipinski definition) is 4. The molecule has 2 aromatic rings. The number of rotatable bonds is 4. The van der Waals surface area contributed by atoms with E-state index in [1.165, 1.54) is 5.56 Å². The van der Waals surface area contributed by atoms with Gasteiger partial charge in [0.1, 0.15) is 5.01 Å². The second-order valence-electron chi connectivity index (χ2n) is 5.15. The molecular formula is C15H17N3OS. The van der Waals surface area contributed by atoms with E-state index in [2.05, 4.69) is 16.4 Å². The summed E-state index contributed by atoms with van der Waals surface area (Å²) in [6.07, 6.45) is 0.841. The third-order valence-corrected chi connectivity index (χ3v) is 4.69. The fraction of sp³-hybridized carbons (Fsp3) is 0.333. The Bertz CT molecular complexity index is 638. The van der Waals surface area contributed by atoms with Crippen LogP contribution in [0.3, 0.4) is 0 Å². The molecule has 0 spiro atoms. The third-order valence-electron chi connectivity index (χ3n) is 3.72. The Kier molecular flexibility index (Phi) is 3.54. The van der Waals surface area contributed by atoms with Crippen molar-refractivity contribution in [3.05, 3.63) is 51.5 Å². The highest BCUT2D eigenvalue weighted by atomic mass is 32.1. The number of nitrogens with zero attached hydrogens (tertiary/aromatic N) is 1. The van der Waals surface area contributed by atoms with Gasteiger partial charge in [0.05, 0.1) is 5.92 Å². The molecule has 1 aliphatic carbocycles. The predicted octanol–water partition coefficient (Wildman–Crippen LogP) is 1.73. The van der Waals surface area contributed by atoms with Crippen LogP contribution in [0.1, 0.15) is 27.7 Å². The van der Waals surface area contributed by atoms with Gasteiger partial charge in [0.25, 0.3) is 0 Å². The van der Waals surface area contributed by atoms with Gasteiger partial charge in [0, 0.05) is 23.7 Å². The monoisotopic (exact) mass is 287 g/mol. The number of benzene rings is 1. The molecule has 1 aromatic carbocycles. The Morgan fingerprint density at radius 1 is 1.50 bits per heavy atom. The number of nitrogens with one attached hydrogen (secondary N) is 1. The zero-order valence-electron chi connectivity index (χ0n) is 11.3. The van der Waals surface area contributed by atoms with Gasteiger partial charge < -0.3 is 11.1 Å². The average Bonchev–Trinajstić information content (AvgIpc) is 2.99. The molecule has 5 heteroatoms. The standard InChI is InChI=1S/C15H17N3OS/c1-9-8-20-13(18-9)7-17-12-6-10-4-2-3-5-11(10)14(12)15(16)19/h2-5,8,12,14,17H,6-7H2,1H3,(H2,16,19)/t12-,14?/m0/s1. The number of amides is 1. The highest BCUT2D eigenvalue weighted by Gasteiger charge is 2.35. The number of aryl methyl sites for hydroxylation is 1. The van der Waals surface area contributed by atoms with E-state index in [0.29, 0.717) is 6.54 Å². The fourth-order valence-corrected chi connectivity index (χ4v) is 3.56. The van der Waals surface area contributed by atoms with E-state index in [-0.39, 0.29) is 17.9 Å². The smallest absolute Gasteiger partial charge is 0.226 e. The molecule has 0 saturated carbocycles. The summed E-state index contributed by atoms with van der Waals surface area (Å²) >= 11 is 1.64. The first-order chi connectivity index (χ1) is 9.65. The van der Waals surface area contributed by atoms with Crippen LogP contribution in [0.15, 0.2) is 29.6 Å². The van der Waals surface area contributed by atoms with Crippen molar-refractivity contribution in [2.75, 3.05) is 0 Å². The number of carbonyl (C=O) groups is 1. The van der Waals surface area contributed by atoms with E-state index in [9.17, 15) is 4.79 Å². The lowest BCUT2D eigenvalue weighted by atomic mass is 9.98. The molecular weight excluding hydrogens is 270 g/mol. The van der Waals surface area contributed by atoms with Crippen LogP contribution in [-0.4, -0.2) is 16.9 Å². The Morgan fingerprint density at radius 2 is 2.30 bits per heavy atom. The second kappa shape index (κ2) is 5.34.